The Bertz CT molecular complexity index is 102. The molecule has 0 heterocycles. The fourth-order valence-corrected chi connectivity index (χ4v) is 0.226. The van der Waals surface area contributed by atoms with Gasteiger partial charge in [-0.2, -0.15) is 0 Å². The predicted molar refractivity (Wildman–Crippen MR) is 29.4 cm³/mol. The van der Waals surface area contributed by atoms with Crippen molar-refractivity contribution in [1.82, 2.24) is 0 Å². The second kappa shape index (κ2) is 7.46. The van der Waals surface area contributed by atoms with E-state index in [1.165, 1.54) is 0 Å². The fourth-order valence-electron chi connectivity index (χ4n) is 0.226. The van der Waals surface area contributed by atoms with Gasteiger partial charge in [0.25, 0.3) is 0 Å². The van der Waals surface area contributed by atoms with E-state index in [-0.39, 0.29) is 37.5 Å². The molecule has 0 spiro atoms. The van der Waals surface area contributed by atoms with Gasteiger partial charge < -0.3 is 22.1 Å². The molecule has 0 amide bonds. The summed E-state index contributed by atoms with van der Waals surface area (Å²) < 4.78 is 4.19. The normalized spacial score (nSPS) is 8.80. The van der Waals surface area contributed by atoms with Crippen LogP contribution in [-0.4, -0.2) is 35.6 Å². The largest absolute Gasteiger partial charge is 1.00 e. The molecule has 5 nitrogen and oxygen atoms in total. The van der Waals surface area contributed by atoms with Crippen molar-refractivity contribution in [3.05, 3.63) is 0 Å². The van der Waals surface area contributed by atoms with Crippen LogP contribution < -0.4 is 35.3 Å². The van der Waals surface area contributed by atoms with Gasteiger partial charge in [0, 0.05) is 0 Å². The molecule has 0 bridgehead atoms. The van der Waals surface area contributed by atoms with Gasteiger partial charge >= 0.3 is 35.5 Å². The van der Waals surface area contributed by atoms with Crippen LogP contribution >= 0.6 is 0 Å². The summed E-state index contributed by atoms with van der Waals surface area (Å²) in [5.41, 5.74) is 4.82. The van der Waals surface area contributed by atoms with E-state index in [1.807, 2.05) is 0 Å². The maximum absolute atomic E-state index is 10.1. The Balaban J connectivity index is -0.000000320. The maximum atomic E-state index is 10.1. The van der Waals surface area contributed by atoms with Crippen LogP contribution in [0.1, 0.15) is 1.43 Å². The standard InChI is InChI=1S/C4H9NO4.Na.H/c5-1-4(8)9-2-3(6)7;;/h3,6-7H,1-2,5H2;;/q;+1;-1. The van der Waals surface area contributed by atoms with Gasteiger partial charge in [0.05, 0.1) is 6.54 Å². The van der Waals surface area contributed by atoms with Crippen LogP contribution in [0.5, 0.6) is 0 Å². The van der Waals surface area contributed by atoms with Crippen molar-refractivity contribution in [3.8, 4) is 0 Å². The zero-order valence-corrected chi connectivity index (χ0v) is 7.78. The summed E-state index contributed by atoms with van der Waals surface area (Å²) in [5, 5.41) is 16.3. The molecule has 10 heavy (non-hydrogen) atoms. The summed E-state index contributed by atoms with van der Waals surface area (Å²) in [4.78, 5) is 10.1. The van der Waals surface area contributed by atoms with Crippen molar-refractivity contribution in [2.45, 2.75) is 6.29 Å². The summed E-state index contributed by atoms with van der Waals surface area (Å²) >= 11 is 0. The van der Waals surface area contributed by atoms with E-state index in [1.54, 1.807) is 0 Å². The van der Waals surface area contributed by atoms with Crippen molar-refractivity contribution in [2.75, 3.05) is 13.2 Å². The van der Waals surface area contributed by atoms with Crippen LogP contribution in [0.2, 0.25) is 0 Å². The predicted octanol–water partition coefficient (Wildman–Crippen LogP) is -5.08. The first-order valence-electron chi connectivity index (χ1n) is 2.38. The average molecular weight is 159 g/mol. The van der Waals surface area contributed by atoms with E-state index >= 15 is 0 Å². The second-order valence-electron chi connectivity index (χ2n) is 1.37. The van der Waals surface area contributed by atoms with Crippen molar-refractivity contribution < 1.29 is 50.7 Å². The van der Waals surface area contributed by atoms with Crippen molar-refractivity contribution in [1.29, 1.82) is 0 Å². The molecular formula is C4H10NNaO4. The van der Waals surface area contributed by atoms with E-state index in [2.05, 4.69) is 4.74 Å². The molecule has 0 aliphatic carbocycles. The van der Waals surface area contributed by atoms with Gasteiger partial charge in [-0.15, -0.1) is 0 Å². The molecular weight excluding hydrogens is 149 g/mol. The van der Waals surface area contributed by atoms with Crippen LogP contribution in [0.25, 0.3) is 0 Å². The van der Waals surface area contributed by atoms with Crippen molar-refractivity contribution in [3.63, 3.8) is 0 Å². The average Bonchev–Trinajstić information content (AvgIpc) is 1.83. The van der Waals surface area contributed by atoms with Gasteiger partial charge in [-0.3, -0.25) is 4.79 Å². The zero-order chi connectivity index (χ0) is 7.28. The molecule has 0 unspecified atom stereocenters. The van der Waals surface area contributed by atoms with Gasteiger partial charge in [0.15, 0.2) is 6.29 Å². The third kappa shape index (κ3) is 8.35. The molecule has 0 rings (SSSR count). The number of nitrogens with two attached hydrogens (primary N) is 1. The third-order valence-corrected chi connectivity index (χ3v) is 0.560. The van der Waals surface area contributed by atoms with Crippen LogP contribution in [0.4, 0.5) is 0 Å². The monoisotopic (exact) mass is 159 g/mol. The molecule has 0 aromatic carbocycles. The minimum absolute atomic E-state index is 0. The number of hydrogen-bond acceptors (Lipinski definition) is 5. The molecule has 0 atom stereocenters. The molecule has 4 N–H and O–H groups in total. The van der Waals surface area contributed by atoms with E-state index < -0.39 is 18.9 Å². The van der Waals surface area contributed by atoms with Crippen LogP contribution in [-0.2, 0) is 9.53 Å². The molecule has 56 valence electrons. The number of esters is 1. The SMILES string of the molecule is NCC(=O)OCC(O)O.[H-].[Na+]. The van der Waals surface area contributed by atoms with Crippen molar-refractivity contribution in [2.24, 2.45) is 5.73 Å². The van der Waals surface area contributed by atoms with Gasteiger partial charge in [-0.05, 0) is 0 Å². The molecule has 0 saturated heterocycles. The van der Waals surface area contributed by atoms with Crippen LogP contribution in [0.15, 0.2) is 0 Å². The number of carbonyl (C=O) groups excluding carboxylic acids is 1. The first-order valence-corrected chi connectivity index (χ1v) is 2.38. The number of carbonyl (C=O) groups is 1. The summed E-state index contributed by atoms with van der Waals surface area (Å²) in [7, 11) is 0. The molecule has 0 aliphatic rings. The Labute approximate surface area is 81.9 Å². The second-order valence-corrected chi connectivity index (χ2v) is 1.37. The van der Waals surface area contributed by atoms with Gasteiger partial charge in [-0.25, -0.2) is 0 Å². The number of aliphatic hydroxyl groups is 2. The molecule has 0 aliphatic heterocycles. The quantitative estimate of drug-likeness (QED) is 0.218. The van der Waals surface area contributed by atoms with E-state index in [0.717, 1.165) is 0 Å². The Morgan fingerprint density at radius 3 is 2.50 bits per heavy atom. The first-order chi connectivity index (χ1) is 4.16. The summed E-state index contributed by atoms with van der Waals surface area (Å²) in [6.45, 7) is -0.664. The topological polar surface area (TPSA) is 92.8 Å². The molecule has 0 fully saturated rings. The van der Waals surface area contributed by atoms with E-state index in [9.17, 15) is 4.79 Å². The van der Waals surface area contributed by atoms with Gasteiger partial charge in [0.1, 0.15) is 6.61 Å². The first kappa shape index (κ1) is 13.0. The summed E-state index contributed by atoms with van der Waals surface area (Å²) in [5.74, 6) is -0.650. The molecule has 0 radical (unpaired) electrons. The minimum atomic E-state index is -1.61. The Morgan fingerprint density at radius 1 is 1.70 bits per heavy atom. The fraction of sp³-hybridized carbons (Fsp3) is 0.750. The zero-order valence-electron chi connectivity index (χ0n) is 6.78. The Kier molecular flexibility index (Phi) is 9.68. The van der Waals surface area contributed by atoms with E-state index in [4.69, 9.17) is 15.9 Å². The Morgan fingerprint density at radius 2 is 2.20 bits per heavy atom. The van der Waals surface area contributed by atoms with Crippen LogP contribution in [0.3, 0.4) is 0 Å². The number of aliphatic hydroxyl groups excluding tert-OH is 1. The minimum Gasteiger partial charge on any atom is -1.00 e. The van der Waals surface area contributed by atoms with Gasteiger partial charge in [-0.1, -0.05) is 0 Å². The smallest absolute Gasteiger partial charge is 1.00 e. The van der Waals surface area contributed by atoms with Crippen molar-refractivity contribution >= 4 is 5.97 Å². The molecule has 0 saturated carbocycles. The summed E-state index contributed by atoms with van der Waals surface area (Å²) in [6, 6.07) is 0. The van der Waals surface area contributed by atoms with Gasteiger partial charge in [0.2, 0.25) is 0 Å². The van der Waals surface area contributed by atoms with Crippen LogP contribution in [0, 0.1) is 0 Å². The number of ether oxygens (including phenoxy) is 1. The summed E-state index contributed by atoms with van der Waals surface area (Å²) in [6.07, 6.45) is -1.61. The molecule has 0 aromatic rings. The molecule has 0 aromatic heterocycles. The Hall–Kier alpha value is 0.350. The third-order valence-electron chi connectivity index (χ3n) is 0.560. The number of rotatable bonds is 3. The van der Waals surface area contributed by atoms with E-state index in [0.29, 0.717) is 0 Å². The molecule has 6 heteroatoms. The number of hydrogen-bond donors (Lipinski definition) is 3. The maximum Gasteiger partial charge on any atom is 1.00 e.